The Morgan fingerprint density at radius 2 is 2.00 bits per heavy atom. The molecule has 0 heterocycles. The zero-order valence-electron chi connectivity index (χ0n) is 7.39. The smallest absolute Gasteiger partial charge is 0.237 e. The van der Waals surface area contributed by atoms with Crippen LogP contribution in [0.3, 0.4) is 0 Å². The van der Waals surface area contributed by atoms with Gasteiger partial charge in [-0.2, -0.15) is 0 Å². The van der Waals surface area contributed by atoms with Crippen LogP contribution in [-0.4, -0.2) is 11.4 Å². The van der Waals surface area contributed by atoms with Crippen LogP contribution in [0.15, 0.2) is 0 Å². The van der Waals surface area contributed by atoms with Gasteiger partial charge in [0.15, 0.2) is 0 Å². The van der Waals surface area contributed by atoms with E-state index in [0.29, 0.717) is 12.8 Å². The molecule has 0 bridgehead atoms. The van der Waals surface area contributed by atoms with E-state index >= 15 is 0 Å². The number of carbonyl (C=O) groups excluding carboxylic acids is 1. The predicted octanol–water partition coefficient (Wildman–Crippen LogP) is 0.769. The molecule has 0 aliphatic heterocycles. The van der Waals surface area contributed by atoms with Gasteiger partial charge < -0.3 is 11.5 Å². The van der Waals surface area contributed by atoms with Crippen LogP contribution in [0.25, 0.3) is 0 Å². The van der Waals surface area contributed by atoms with Crippen LogP contribution in [0.1, 0.15) is 39.5 Å². The van der Waals surface area contributed by atoms with Crippen LogP contribution in [0.5, 0.6) is 0 Å². The van der Waals surface area contributed by atoms with Crippen molar-refractivity contribution in [3.05, 3.63) is 0 Å². The second kappa shape index (κ2) is 4.34. The van der Waals surface area contributed by atoms with Gasteiger partial charge in [0.25, 0.3) is 0 Å². The van der Waals surface area contributed by atoms with Gasteiger partial charge in [0, 0.05) is 0 Å². The van der Waals surface area contributed by atoms with E-state index in [0.717, 1.165) is 12.8 Å². The van der Waals surface area contributed by atoms with Gasteiger partial charge in [-0.15, -0.1) is 0 Å². The molecule has 3 heteroatoms. The van der Waals surface area contributed by atoms with Crippen LogP contribution in [0, 0.1) is 0 Å². The van der Waals surface area contributed by atoms with Gasteiger partial charge in [-0.3, -0.25) is 4.79 Å². The van der Waals surface area contributed by atoms with Gasteiger partial charge in [0.05, 0.1) is 5.54 Å². The minimum Gasteiger partial charge on any atom is -0.368 e. The largest absolute Gasteiger partial charge is 0.368 e. The fourth-order valence-electron chi connectivity index (χ4n) is 0.966. The average Bonchev–Trinajstić information content (AvgIpc) is 2.00. The number of primary amides is 1. The zero-order valence-corrected chi connectivity index (χ0v) is 7.39. The first-order valence-corrected chi connectivity index (χ1v) is 4.15. The van der Waals surface area contributed by atoms with E-state index in [2.05, 4.69) is 6.92 Å². The highest BCUT2D eigenvalue weighted by Crippen LogP contribution is 2.14. The first-order valence-electron chi connectivity index (χ1n) is 4.15. The van der Waals surface area contributed by atoms with Crippen LogP contribution in [-0.2, 0) is 4.79 Å². The molecule has 11 heavy (non-hydrogen) atoms. The lowest BCUT2D eigenvalue weighted by atomic mass is 9.90. The van der Waals surface area contributed by atoms with Crippen molar-refractivity contribution < 1.29 is 4.79 Å². The number of hydrogen-bond acceptors (Lipinski definition) is 2. The highest BCUT2D eigenvalue weighted by atomic mass is 16.1. The second-order valence-electron chi connectivity index (χ2n) is 2.98. The molecule has 3 nitrogen and oxygen atoms in total. The Morgan fingerprint density at radius 1 is 1.45 bits per heavy atom. The number of carbonyl (C=O) groups is 1. The molecule has 0 saturated heterocycles. The van der Waals surface area contributed by atoms with E-state index in [1.54, 1.807) is 0 Å². The van der Waals surface area contributed by atoms with Crippen LogP contribution < -0.4 is 11.5 Å². The van der Waals surface area contributed by atoms with Crippen molar-refractivity contribution >= 4 is 5.91 Å². The summed E-state index contributed by atoms with van der Waals surface area (Å²) in [6.45, 7) is 3.96. The molecule has 0 fully saturated rings. The van der Waals surface area contributed by atoms with Crippen LogP contribution >= 0.6 is 0 Å². The summed E-state index contributed by atoms with van der Waals surface area (Å²) in [6.07, 6.45) is 3.34. The molecule has 0 aliphatic rings. The van der Waals surface area contributed by atoms with E-state index < -0.39 is 5.54 Å². The number of hydrogen-bond donors (Lipinski definition) is 2. The summed E-state index contributed by atoms with van der Waals surface area (Å²) in [4.78, 5) is 10.9. The molecule has 0 aliphatic carbocycles. The molecule has 66 valence electrons. The Labute approximate surface area is 68.1 Å². The van der Waals surface area contributed by atoms with Crippen molar-refractivity contribution in [2.75, 3.05) is 0 Å². The minimum absolute atomic E-state index is 0.381. The SMILES string of the molecule is CCCC[C@@](N)(CC)C(N)=O. The molecule has 0 unspecified atom stereocenters. The topological polar surface area (TPSA) is 69.1 Å². The second-order valence-corrected chi connectivity index (χ2v) is 2.98. The maximum absolute atomic E-state index is 10.9. The lowest BCUT2D eigenvalue weighted by Crippen LogP contribution is -2.51. The first kappa shape index (κ1) is 10.4. The third-order valence-electron chi connectivity index (χ3n) is 2.10. The molecule has 0 spiro atoms. The quantitative estimate of drug-likeness (QED) is 0.620. The molecule has 0 aromatic rings. The number of rotatable bonds is 5. The summed E-state index contributed by atoms with van der Waals surface area (Å²) < 4.78 is 0. The monoisotopic (exact) mass is 158 g/mol. The maximum Gasteiger partial charge on any atom is 0.237 e. The Kier molecular flexibility index (Phi) is 4.11. The molecule has 0 saturated carbocycles. The van der Waals surface area contributed by atoms with Gasteiger partial charge in [-0.1, -0.05) is 26.7 Å². The van der Waals surface area contributed by atoms with Crippen molar-refractivity contribution in [2.24, 2.45) is 11.5 Å². The Balaban J connectivity index is 3.99. The molecule has 0 rings (SSSR count). The number of nitrogens with two attached hydrogens (primary N) is 2. The van der Waals surface area contributed by atoms with Crippen molar-refractivity contribution in [1.29, 1.82) is 0 Å². The van der Waals surface area contributed by atoms with E-state index in [4.69, 9.17) is 11.5 Å². The summed E-state index contributed by atoms with van der Waals surface area (Å²) in [5, 5.41) is 0. The third-order valence-corrected chi connectivity index (χ3v) is 2.10. The summed E-state index contributed by atoms with van der Waals surface area (Å²) in [5.74, 6) is -0.381. The molecule has 0 aromatic heterocycles. The summed E-state index contributed by atoms with van der Waals surface area (Å²) >= 11 is 0. The molecular formula is C8H18N2O. The standard InChI is InChI=1S/C8H18N2O/c1-3-5-6-8(10,4-2)7(9)11/h3-6,10H2,1-2H3,(H2,9,11)/t8-/m0/s1. The fourth-order valence-corrected chi connectivity index (χ4v) is 0.966. The lowest BCUT2D eigenvalue weighted by Gasteiger charge is -2.23. The highest BCUT2D eigenvalue weighted by molar-refractivity contribution is 5.84. The Morgan fingerprint density at radius 3 is 2.27 bits per heavy atom. The Hall–Kier alpha value is -0.570. The van der Waals surface area contributed by atoms with Gasteiger partial charge in [-0.25, -0.2) is 0 Å². The van der Waals surface area contributed by atoms with Gasteiger partial charge in [-0.05, 0) is 12.8 Å². The molecule has 0 aromatic carbocycles. The zero-order chi connectivity index (χ0) is 8.91. The van der Waals surface area contributed by atoms with Gasteiger partial charge >= 0.3 is 0 Å². The van der Waals surface area contributed by atoms with E-state index in [1.165, 1.54) is 0 Å². The van der Waals surface area contributed by atoms with Gasteiger partial charge in [0.1, 0.15) is 0 Å². The lowest BCUT2D eigenvalue weighted by molar-refractivity contribution is -0.123. The van der Waals surface area contributed by atoms with Crippen LogP contribution in [0.2, 0.25) is 0 Å². The summed E-state index contributed by atoms with van der Waals surface area (Å²) in [7, 11) is 0. The average molecular weight is 158 g/mol. The molecule has 1 amide bonds. The summed E-state index contributed by atoms with van der Waals surface area (Å²) in [5.41, 5.74) is 10.1. The Bertz CT molecular complexity index is 136. The molecule has 0 radical (unpaired) electrons. The number of amides is 1. The van der Waals surface area contributed by atoms with Crippen LogP contribution in [0.4, 0.5) is 0 Å². The third kappa shape index (κ3) is 2.89. The summed E-state index contributed by atoms with van der Waals surface area (Å²) in [6, 6.07) is 0. The van der Waals surface area contributed by atoms with Gasteiger partial charge in [0.2, 0.25) is 5.91 Å². The molecular weight excluding hydrogens is 140 g/mol. The highest BCUT2D eigenvalue weighted by Gasteiger charge is 2.28. The van der Waals surface area contributed by atoms with Crippen molar-refractivity contribution in [2.45, 2.75) is 45.1 Å². The first-order chi connectivity index (χ1) is 5.06. The van der Waals surface area contributed by atoms with E-state index in [9.17, 15) is 4.79 Å². The van der Waals surface area contributed by atoms with Crippen molar-refractivity contribution in [1.82, 2.24) is 0 Å². The maximum atomic E-state index is 10.9. The van der Waals surface area contributed by atoms with E-state index in [-0.39, 0.29) is 5.91 Å². The molecule has 1 atom stereocenters. The van der Waals surface area contributed by atoms with Crippen molar-refractivity contribution in [3.63, 3.8) is 0 Å². The van der Waals surface area contributed by atoms with Crippen molar-refractivity contribution in [3.8, 4) is 0 Å². The normalized spacial score (nSPS) is 15.9. The van der Waals surface area contributed by atoms with E-state index in [1.807, 2.05) is 6.92 Å². The minimum atomic E-state index is -0.768. The fraction of sp³-hybridized carbons (Fsp3) is 0.875. The molecule has 4 N–H and O–H groups in total. The predicted molar refractivity (Wildman–Crippen MR) is 45.9 cm³/mol. The number of unbranched alkanes of at least 4 members (excludes halogenated alkanes) is 1.